The highest BCUT2D eigenvalue weighted by Gasteiger charge is 2.31. The van der Waals surface area contributed by atoms with Crippen molar-refractivity contribution in [2.75, 3.05) is 13.2 Å². The maximum atomic E-state index is 13.0. The minimum atomic E-state index is -4.82. The average molecular weight is 523 g/mol. The van der Waals surface area contributed by atoms with Crippen molar-refractivity contribution in [3.8, 4) is 17.6 Å². The molecule has 3 N–H and O–H groups in total. The summed E-state index contributed by atoms with van der Waals surface area (Å²) in [6, 6.07) is 5.62. The Morgan fingerprint density at radius 2 is 1.81 bits per heavy atom. The first kappa shape index (κ1) is 27.8. The number of halogens is 3. The van der Waals surface area contributed by atoms with Crippen LogP contribution in [-0.4, -0.2) is 43.3 Å². The Labute approximate surface area is 212 Å². The van der Waals surface area contributed by atoms with Crippen LogP contribution in [0.15, 0.2) is 36.0 Å². The fraction of sp³-hybridized carbons (Fsp3) is 0.520. The molecular weight excluding hydrogens is 493 g/mol. The van der Waals surface area contributed by atoms with Crippen molar-refractivity contribution in [1.29, 1.82) is 5.26 Å². The van der Waals surface area contributed by atoms with Crippen LogP contribution in [0.3, 0.4) is 0 Å². The van der Waals surface area contributed by atoms with Crippen LogP contribution >= 0.6 is 0 Å². The average Bonchev–Trinajstić information content (AvgIpc) is 3.26. The van der Waals surface area contributed by atoms with Gasteiger partial charge in [0.1, 0.15) is 23.2 Å². The molecule has 3 amide bonds. The summed E-state index contributed by atoms with van der Waals surface area (Å²) in [4.78, 5) is 37.4. The van der Waals surface area contributed by atoms with Gasteiger partial charge in [0, 0.05) is 12.5 Å². The molecule has 12 heteroatoms. The lowest BCUT2D eigenvalue weighted by Crippen LogP contribution is -2.42. The van der Waals surface area contributed by atoms with Crippen molar-refractivity contribution >= 4 is 17.7 Å². The van der Waals surface area contributed by atoms with Gasteiger partial charge in [0.25, 0.3) is 11.8 Å². The molecular formula is C25H29F3N4O5. The van der Waals surface area contributed by atoms with Gasteiger partial charge in [-0.1, -0.05) is 25.3 Å². The summed E-state index contributed by atoms with van der Waals surface area (Å²) in [5.41, 5.74) is -0.00875. The lowest BCUT2D eigenvalue weighted by molar-refractivity contribution is -0.274. The van der Waals surface area contributed by atoms with E-state index in [1.807, 2.05) is 6.07 Å². The van der Waals surface area contributed by atoms with Gasteiger partial charge in [0.15, 0.2) is 6.61 Å². The molecule has 1 aliphatic carbocycles. The molecule has 0 aromatic heterocycles. The highest BCUT2D eigenvalue weighted by Crippen LogP contribution is 2.26. The number of allylic oxidation sites excluding steroid dienone is 1. The minimum absolute atomic E-state index is 0.00875. The van der Waals surface area contributed by atoms with Gasteiger partial charge in [0.05, 0.1) is 6.07 Å². The number of carbonyl (C=O) groups is 3. The molecule has 1 aromatic carbocycles. The molecule has 0 bridgehead atoms. The second kappa shape index (κ2) is 13.0. The van der Waals surface area contributed by atoms with Crippen LogP contribution in [-0.2, 0) is 14.4 Å². The van der Waals surface area contributed by atoms with Crippen molar-refractivity contribution in [2.24, 2.45) is 11.8 Å². The molecule has 9 nitrogen and oxygen atoms in total. The molecule has 0 spiro atoms. The van der Waals surface area contributed by atoms with Gasteiger partial charge in [-0.15, -0.1) is 13.2 Å². The Balaban J connectivity index is 1.60. The normalized spacial score (nSPS) is 19.4. The molecule has 2 atom stereocenters. The smallest absolute Gasteiger partial charge is 0.484 e. The molecule has 1 aromatic rings. The molecule has 3 rings (SSSR count). The Morgan fingerprint density at radius 3 is 2.41 bits per heavy atom. The van der Waals surface area contributed by atoms with Crippen molar-refractivity contribution in [3.63, 3.8) is 0 Å². The number of nitrogens with one attached hydrogen (secondary N) is 3. The highest BCUT2D eigenvalue weighted by molar-refractivity contribution is 5.98. The molecule has 200 valence electrons. The standard InChI is InChI=1S/C25H29F3N4O5/c26-25(27,28)37-20-8-6-19(7-9-20)36-15-22(33)32-21(12-16-4-2-1-3-5-16)24(35)31-18(14-29)13-17-10-11-30-23(17)34/h6-9,12,16-18H,1-5,10-11,13,15H2,(H,30,34)(H,31,35)(H,32,33)/t17-,18-/m0/s1. The van der Waals surface area contributed by atoms with E-state index in [0.29, 0.717) is 13.0 Å². The fourth-order valence-electron chi connectivity index (χ4n) is 4.32. The van der Waals surface area contributed by atoms with E-state index in [1.54, 1.807) is 6.08 Å². The lowest BCUT2D eigenvalue weighted by atomic mass is 9.88. The molecule has 37 heavy (non-hydrogen) atoms. The van der Waals surface area contributed by atoms with Gasteiger partial charge < -0.3 is 25.4 Å². The largest absolute Gasteiger partial charge is 0.573 e. The first-order valence-electron chi connectivity index (χ1n) is 12.1. The molecule has 1 aliphatic heterocycles. The second-order valence-corrected chi connectivity index (χ2v) is 9.00. The van der Waals surface area contributed by atoms with Crippen LogP contribution in [0.4, 0.5) is 13.2 Å². The SMILES string of the molecule is N#C[C@H](C[C@@H]1CCNC1=O)NC(=O)C(=CC1CCCCC1)NC(=O)COc1ccc(OC(F)(F)F)cc1. The molecule has 1 saturated heterocycles. The van der Waals surface area contributed by atoms with Gasteiger partial charge in [0.2, 0.25) is 5.91 Å². The minimum Gasteiger partial charge on any atom is -0.484 e. The summed E-state index contributed by atoms with van der Waals surface area (Å²) in [5, 5.41) is 17.3. The summed E-state index contributed by atoms with van der Waals surface area (Å²) < 4.78 is 46.0. The molecule has 1 heterocycles. The number of carbonyl (C=O) groups excluding carboxylic acids is 3. The predicted octanol–water partition coefficient (Wildman–Crippen LogP) is 3.08. The third-order valence-corrected chi connectivity index (χ3v) is 6.14. The molecule has 1 saturated carbocycles. The zero-order valence-corrected chi connectivity index (χ0v) is 20.1. The lowest BCUT2D eigenvalue weighted by Gasteiger charge is -2.21. The number of rotatable bonds is 10. The summed E-state index contributed by atoms with van der Waals surface area (Å²) >= 11 is 0. The van der Waals surface area contributed by atoms with E-state index < -0.39 is 36.6 Å². The van der Waals surface area contributed by atoms with Gasteiger partial charge in [-0.25, -0.2) is 0 Å². The molecule has 0 unspecified atom stereocenters. The van der Waals surface area contributed by atoms with Crippen LogP contribution in [0.25, 0.3) is 0 Å². The van der Waals surface area contributed by atoms with E-state index in [0.717, 1.165) is 44.2 Å². The van der Waals surface area contributed by atoms with E-state index in [4.69, 9.17) is 4.74 Å². The number of amides is 3. The summed E-state index contributed by atoms with van der Waals surface area (Å²) in [7, 11) is 0. The Hall–Kier alpha value is -3.75. The van der Waals surface area contributed by atoms with Gasteiger partial charge in [-0.05, 0) is 55.9 Å². The van der Waals surface area contributed by atoms with Crippen molar-refractivity contribution in [3.05, 3.63) is 36.0 Å². The maximum Gasteiger partial charge on any atom is 0.573 e. The fourth-order valence-corrected chi connectivity index (χ4v) is 4.32. The zero-order chi connectivity index (χ0) is 26.8. The monoisotopic (exact) mass is 522 g/mol. The van der Waals surface area contributed by atoms with Gasteiger partial charge in [-0.3, -0.25) is 14.4 Å². The first-order chi connectivity index (χ1) is 17.6. The van der Waals surface area contributed by atoms with Crippen LogP contribution in [0.1, 0.15) is 44.9 Å². The summed E-state index contributed by atoms with van der Waals surface area (Å²) in [5.74, 6) is -2.04. The van der Waals surface area contributed by atoms with Crippen LogP contribution in [0.2, 0.25) is 0 Å². The van der Waals surface area contributed by atoms with Crippen LogP contribution in [0.5, 0.6) is 11.5 Å². The van der Waals surface area contributed by atoms with E-state index in [1.165, 1.54) is 12.1 Å². The number of nitriles is 1. The van der Waals surface area contributed by atoms with Crippen molar-refractivity contribution < 1.29 is 37.0 Å². The Morgan fingerprint density at radius 1 is 1.14 bits per heavy atom. The zero-order valence-electron chi connectivity index (χ0n) is 20.1. The van der Waals surface area contributed by atoms with E-state index in [-0.39, 0.29) is 35.6 Å². The topological polar surface area (TPSA) is 130 Å². The number of ether oxygens (including phenoxy) is 2. The number of hydrogen-bond acceptors (Lipinski definition) is 6. The van der Waals surface area contributed by atoms with Crippen molar-refractivity contribution in [1.82, 2.24) is 16.0 Å². The number of hydrogen-bond donors (Lipinski definition) is 3. The summed E-state index contributed by atoms with van der Waals surface area (Å²) in [6.45, 7) is 0.0231. The quantitative estimate of drug-likeness (QED) is 0.405. The van der Waals surface area contributed by atoms with Crippen LogP contribution in [0, 0.1) is 23.2 Å². The Bertz CT molecular complexity index is 1030. The number of alkyl halides is 3. The molecule has 2 aliphatic rings. The maximum absolute atomic E-state index is 13.0. The third-order valence-electron chi connectivity index (χ3n) is 6.14. The molecule has 2 fully saturated rings. The van der Waals surface area contributed by atoms with Gasteiger partial charge >= 0.3 is 6.36 Å². The van der Waals surface area contributed by atoms with Crippen LogP contribution < -0.4 is 25.4 Å². The number of nitrogens with zero attached hydrogens (tertiary/aromatic N) is 1. The first-order valence-corrected chi connectivity index (χ1v) is 12.1. The van der Waals surface area contributed by atoms with Crippen molar-refractivity contribution in [2.45, 2.75) is 57.3 Å². The third kappa shape index (κ3) is 9.33. The number of benzene rings is 1. The van der Waals surface area contributed by atoms with E-state index in [2.05, 4.69) is 20.7 Å². The predicted molar refractivity (Wildman–Crippen MR) is 125 cm³/mol. The van der Waals surface area contributed by atoms with Gasteiger partial charge in [-0.2, -0.15) is 5.26 Å². The molecule has 0 radical (unpaired) electrons. The second-order valence-electron chi connectivity index (χ2n) is 9.00. The summed E-state index contributed by atoms with van der Waals surface area (Å²) in [6.07, 6.45) is 2.42. The van der Waals surface area contributed by atoms with E-state index in [9.17, 15) is 32.8 Å². The highest BCUT2D eigenvalue weighted by atomic mass is 19.4. The van der Waals surface area contributed by atoms with E-state index >= 15 is 0 Å². The Kier molecular flexibility index (Phi) is 9.77.